The molecule has 428 valence electrons. The minimum atomic E-state index is -0.851. The Morgan fingerprint density at radius 3 is 1.07 bits per heavy atom. The molecule has 2 unspecified atom stereocenters. The van der Waals surface area contributed by atoms with Gasteiger partial charge in [-0.25, -0.2) is 0 Å². The van der Waals surface area contributed by atoms with Gasteiger partial charge in [0.05, 0.1) is 25.4 Å². The van der Waals surface area contributed by atoms with E-state index in [9.17, 15) is 19.8 Å². The zero-order valence-corrected chi connectivity index (χ0v) is 48.9. The quantitative estimate of drug-likeness (QED) is 0.0320. The Morgan fingerprint density at radius 1 is 0.384 bits per heavy atom. The summed E-state index contributed by atoms with van der Waals surface area (Å²) in [5.74, 6) is -0.0801. The minimum Gasteiger partial charge on any atom is -0.466 e. The highest BCUT2D eigenvalue weighted by Gasteiger charge is 2.18. The van der Waals surface area contributed by atoms with Crippen molar-refractivity contribution in [2.24, 2.45) is 0 Å². The van der Waals surface area contributed by atoms with Crippen molar-refractivity contribution in [1.29, 1.82) is 0 Å². The van der Waals surface area contributed by atoms with E-state index in [-0.39, 0.29) is 18.5 Å². The molecule has 0 radical (unpaired) electrons. The summed E-state index contributed by atoms with van der Waals surface area (Å²) in [6, 6.07) is -0.635. The molecule has 0 aliphatic heterocycles. The molecule has 0 fully saturated rings. The Kier molecular flexibility index (Phi) is 60.5. The number of hydrogen-bond donors (Lipinski definition) is 3. The van der Waals surface area contributed by atoms with E-state index < -0.39 is 12.1 Å². The summed E-state index contributed by atoms with van der Waals surface area (Å²) in [6.07, 6.45) is 80.1. The van der Waals surface area contributed by atoms with E-state index >= 15 is 0 Å². The number of allylic oxidation sites excluding steroid dienone is 7. The third-order valence-electron chi connectivity index (χ3n) is 14.8. The fraction of sp³-hybridized carbons (Fsp3) is 0.851. The van der Waals surface area contributed by atoms with Gasteiger partial charge in [0.2, 0.25) is 5.91 Å². The van der Waals surface area contributed by atoms with Crippen LogP contribution in [0, 0.1) is 0 Å². The number of nitrogens with one attached hydrogen (secondary N) is 1. The van der Waals surface area contributed by atoms with E-state index in [1.54, 1.807) is 6.08 Å². The lowest BCUT2D eigenvalue weighted by Gasteiger charge is -2.20. The van der Waals surface area contributed by atoms with Gasteiger partial charge in [-0.05, 0) is 89.9 Å². The second kappa shape index (κ2) is 62.4. The largest absolute Gasteiger partial charge is 0.466 e. The zero-order valence-electron chi connectivity index (χ0n) is 48.9. The van der Waals surface area contributed by atoms with Gasteiger partial charge in [-0.1, -0.05) is 287 Å². The van der Waals surface area contributed by atoms with Gasteiger partial charge in [-0.2, -0.15) is 0 Å². The van der Waals surface area contributed by atoms with Crippen molar-refractivity contribution in [2.45, 2.75) is 353 Å². The van der Waals surface area contributed by atoms with Crippen molar-refractivity contribution >= 4 is 11.9 Å². The first kappa shape index (κ1) is 70.8. The van der Waals surface area contributed by atoms with Gasteiger partial charge in [0.1, 0.15) is 0 Å². The topological polar surface area (TPSA) is 95.9 Å². The van der Waals surface area contributed by atoms with Gasteiger partial charge in [0.25, 0.3) is 0 Å². The lowest BCUT2D eigenvalue weighted by molar-refractivity contribution is -0.143. The predicted octanol–water partition coefficient (Wildman–Crippen LogP) is 20.5. The first-order valence-electron chi connectivity index (χ1n) is 32.4. The van der Waals surface area contributed by atoms with Crippen molar-refractivity contribution < 1.29 is 24.5 Å². The van der Waals surface area contributed by atoms with E-state index in [1.807, 2.05) is 6.08 Å². The highest BCUT2D eigenvalue weighted by Crippen LogP contribution is 2.17. The van der Waals surface area contributed by atoms with Crippen LogP contribution in [0.3, 0.4) is 0 Å². The number of carbonyl (C=O) groups is 2. The van der Waals surface area contributed by atoms with Crippen LogP contribution in [0.25, 0.3) is 0 Å². The molecule has 0 aliphatic carbocycles. The summed E-state index contributed by atoms with van der Waals surface area (Å²) in [4.78, 5) is 24.6. The van der Waals surface area contributed by atoms with Gasteiger partial charge in [-0.15, -0.1) is 0 Å². The van der Waals surface area contributed by atoms with Crippen LogP contribution in [0.4, 0.5) is 0 Å². The smallest absolute Gasteiger partial charge is 0.305 e. The lowest BCUT2D eigenvalue weighted by atomic mass is 10.0. The highest BCUT2D eigenvalue weighted by atomic mass is 16.5. The molecule has 0 spiro atoms. The number of hydrogen-bond acceptors (Lipinski definition) is 5. The van der Waals surface area contributed by atoms with E-state index in [4.69, 9.17) is 4.74 Å². The van der Waals surface area contributed by atoms with Gasteiger partial charge in [0.15, 0.2) is 0 Å². The number of unbranched alkanes of at least 4 members (excludes halogenated alkanes) is 43. The Bertz CT molecular complexity index is 1230. The third-order valence-corrected chi connectivity index (χ3v) is 14.8. The molecule has 0 aromatic carbocycles. The fourth-order valence-corrected chi connectivity index (χ4v) is 9.84. The molecular weight excluding hydrogens is 899 g/mol. The van der Waals surface area contributed by atoms with E-state index in [0.717, 1.165) is 57.8 Å². The molecular formula is C67H125NO5. The Hall–Kier alpha value is -2.18. The molecule has 0 rings (SSSR count). The van der Waals surface area contributed by atoms with Crippen molar-refractivity contribution in [3.05, 3.63) is 48.6 Å². The lowest BCUT2D eigenvalue weighted by Crippen LogP contribution is -2.45. The van der Waals surface area contributed by atoms with Crippen LogP contribution in [0.1, 0.15) is 341 Å². The summed E-state index contributed by atoms with van der Waals surface area (Å²) in [5, 5.41) is 23.2. The van der Waals surface area contributed by atoms with Gasteiger partial charge in [0, 0.05) is 12.8 Å². The fourth-order valence-electron chi connectivity index (χ4n) is 9.84. The van der Waals surface area contributed by atoms with Crippen LogP contribution in [-0.4, -0.2) is 47.4 Å². The molecule has 3 N–H and O–H groups in total. The molecule has 2 atom stereocenters. The molecule has 1 amide bonds. The average molecular weight is 1020 g/mol. The second-order valence-corrected chi connectivity index (χ2v) is 22.1. The molecule has 0 aromatic rings. The maximum atomic E-state index is 12.5. The van der Waals surface area contributed by atoms with E-state index in [2.05, 4.69) is 55.6 Å². The number of ether oxygens (including phenoxy) is 1. The third kappa shape index (κ3) is 58.9. The molecule has 0 bridgehead atoms. The SMILES string of the molecule is CCCCCC/C=C\C/C=C\CCCCCCCC(=O)OCCCCCCCCCCCC/C=C\CCCCCCCCCC(=O)NC(CO)C(O)/C=C/CCCCCCCCCCCCCCCCCCC. The molecule has 0 saturated carbocycles. The van der Waals surface area contributed by atoms with Crippen LogP contribution in [0.2, 0.25) is 0 Å². The van der Waals surface area contributed by atoms with Gasteiger partial charge >= 0.3 is 5.97 Å². The molecule has 0 aliphatic rings. The first-order chi connectivity index (χ1) is 36.0. The van der Waals surface area contributed by atoms with Crippen LogP contribution >= 0.6 is 0 Å². The van der Waals surface area contributed by atoms with Crippen molar-refractivity contribution in [3.8, 4) is 0 Å². The standard InChI is InChI=1S/C67H125NO5/c1-3-5-7-9-11-13-15-17-19-21-25-28-31-35-39-43-47-51-55-59-65(70)64(63-69)68-66(71)60-56-52-48-44-40-36-32-29-26-23-22-24-27-30-34-38-42-46-50-54-58-62-73-67(72)61-57-53-49-45-41-37-33-20-18-16-14-12-10-8-6-4-2/h14,16,20,23,26,33,55,59,64-65,69-70H,3-13,15,17-19,21-22,24-25,27-32,34-54,56-58,60-63H2,1-2H3,(H,68,71)/b16-14-,26-23-,33-20-,59-55+. The average Bonchev–Trinajstić information content (AvgIpc) is 3.39. The summed E-state index contributed by atoms with van der Waals surface area (Å²) in [7, 11) is 0. The minimum absolute atomic E-state index is 0.00593. The Balaban J connectivity index is 3.46. The maximum absolute atomic E-state index is 12.5. The van der Waals surface area contributed by atoms with E-state index in [1.165, 1.54) is 257 Å². The molecule has 6 nitrogen and oxygen atoms in total. The second-order valence-electron chi connectivity index (χ2n) is 22.1. The molecule has 0 aromatic heterocycles. The number of carbonyl (C=O) groups excluding carboxylic acids is 2. The van der Waals surface area contributed by atoms with Crippen LogP contribution in [0.15, 0.2) is 48.6 Å². The van der Waals surface area contributed by atoms with E-state index in [0.29, 0.717) is 19.4 Å². The van der Waals surface area contributed by atoms with Crippen molar-refractivity contribution in [2.75, 3.05) is 13.2 Å². The Labute approximate surface area is 455 Å². The van der Waals surface area contributed by atoms with Crippen LogP contribution in [0.5, 0.6) is 0 Å². The maximum Gasteiger partial charge on any atom is 0.305 e. The summed E-state index contributed by atoms with van der Waals surface area (Å²) < 4.78 is 5.48. The summed E-state index contributed by atoms with van der Waals surface area (Å²) >= 11 is 0. The first-order valence-corrected chi connectivity index (χ1v) is 32.4. The van der Waals surface area contributed by atoms with Gasteiger partial charge in [-0.3, -0.25) is 9.59 Å². The summed E-state index contributed by atoms with van der Waals surface area (Å²) in [6.45, 7) is 4.89. The number of aliphatic hydroxyl groups is 2. The normalized spacial score (nSPS) is 12.9. The number of aliphatic hydroxyl groups excluding tert-OH is 2. The van der Waals surface area contributed by atoms with Crippen LogP contribution < -0.4 is 5.32 Å². The highest BCUT2D eigenvalue weighted by molar-refractivity contribution is 5.76. The van der Waals surface area contributed by atoms with Crippen molar-refractivity contribution in [1.82, 2.24) is 5.32 Å². The molecule has 0 saturated heterocycles. The Morgan fingerprint density at radius 2 is 0.685 bits per heavy atom. The molecule has 6 heteroatoms. The van der Waals surface area contributed by atoms with Gasteiger partial charge < -0.3 is 20.3 Å². The summed E-state index contributed by atoms with van der Waals surface area (Å²) in [5.41, 5.74) is 0. The monoisotopic (exact) mass is 1020 g/mol. The van der Waals surface area contributed by atoms with Crippen molar-refractivity contribution in [3.63, 3.8) is 0 Å². The number of rotatable bonds is 60. The zero-order chi connectivity index (χ0) is 52.9. The predicted molar refractivity (Wildman–Crippen MR) is 319 cm³/mol. The number of esters is 1. The molecule has 73 heavy (non-hydrogen) atoms. The molecule has 0 heterocycles. The van der Waals surface area contributed by atoms with Crippen LogP contribution in [-0.2, 0) is 14.3 Å². The number of amides is 1.